The number of likely N-dealkylation sites (N-methyl/N-ethyl adjacent to an activating group) is 1. The van der Waals surface area contributed by atoms with Crippen molar-refractivity contribution < 1.29 is 27.8 Å². The Morgan fingerprint density at radius 1 is 1.13 bits per heavy atom. The Balaban J connectivity index is 2.07. The second-order valence-electron chi connectivity index (χ2n) is 6.49. The van der Waals surface area contributed by atoms with Crippen LogP contribution in [0, 0.1) is 6.92 Å². The van der Waals surface area contributed by atoms with E-state index in [4.69, 9.17) is 9.47 Å². The van der Waals surface area contributed by atoms with Crippen molar-refractivity contribution >= 4 is 27.5 Å². The van der Waals surface area contributed by atoms with Crippen molar-refractivity contribution in [3.05, 3.63) is 59.3 Å². The molecule has 3 rings (SSSR count). The van der Waals surface area contributed by atoms with Crippen molar-refractivity contribution in [2.45, 2.75) is 6.92 Å². The van der Waals surface area contributed by atoms with Crippen molar-refractivity contribution in [1.82, 2.24) is 4.31 Å². The summed E-state index contributed by atoms with van der Waals surface area (Å²) >= 11 is 0. The summed E-state index contributed by atoms with van der Waals surface area (Å²) in [5.41, 5.74) is 1.16. The molecule has 0 atom stereocenters. The first-order chi connectivity index (χ1) is 14.2. The Labute approximate surface area is 174 Å². The lowest BCUT2D eigenvalue weighted by atomic mass is 10.1. The quantitative estimate of drug-likeness (QED) is 0.701. The number of aryl methyl sites for hydroxylation is 1. The van der Waals surface area contributed by atoms with Crippen LogP contribution in [0.1, 0.15) is 11.1 Å². The lowest BCUT2D eigenvalue weighted by Crippen LogP contribution is -2.35. The molecule has 1 aliphatic rings. The van der Waals surface area contributed by atoms with E-state index < -0.39 is 16.1 Å². The van der Waals surface area contributed by atoms with E-state index in [2.05, 4.69) is 9.71 Å². The zero-order valence-corrected chi connectivity index (χ0v) is 17.6. The van der Waals surface area contributed by atoms with Gasteiger partial charge >= 0.3 is 10.2 Å². The molecule has 0 bridgehead atoms. The highest BCUT2D eigenvalue weighted by molar-refractivity contribution is 7.88. The maximum atomic E-state index is 12.9. The molecular formula is C20H21N3O6S. The number of ether oxygens (including phenoxy) is 2. The van der Waals surface area contributed by atoms with Crippen LogP contribution in [0.4, 0.5) is 5.69 Å². The van der Waals surface area contributed by atoms with Crippen LogP contribution in [0.25, 0.3) is 0 Å². The Morgan fingerprint density at radius 3 is 2.53 bits per heavy atom. The van der Waals surface area contributed by atoms with Crippen LogP contribution in [-0.2, 0) is 15.0 Å². The number of nitrogens with one attached hydrogen (secondary N) is 1. The van der Waals surface area contributed by atoms with E-state index in [1.54, 1.807) is 37.3 Å². The molecule has 0 saturated carbocycles. The third-order valence-electron chi connectivity index (χ3n) is 4.49. The number of phenolic OH excluding ortho intramolecular Hbond substituents is 1. The molecule has 1 aliphatic heterocycles. The predicted molar refractivity (Wildman–Crippen MR) is 112 cm³/mol. The third-order valence-corrected chi connectivity index (χ3v) is 5.80. The van der Waals surface area contributed by atoms with E-state index in [0.29, 0.717) is 17.1 Å². The number of amides is 1. The van der Waals surface area contributed by atoms with Gasteiger partial charge in [-0.15, -0.1) is 4.40 Å². The highest BCUT2D eigenvalue weighted by Crippen LogP contribution is 2.30. The minimum Gasteiger partial charge on any atom is -0.506 e. The zero-order valence-electron chi connectivity index (χ0n) is 16.8. The molecule has 2 N–H and O–H groups in total. The molecule has 30 heavy (non-hydrogen) atoms. The van der Waals surface area contributed by atoms with Crippen LogP contribution >= 0.6 is 0 Å². The molecule has 1 amide bonds. The topological polar surface area (TPSA) is 118 Å². The van der Waals surface area contributed by atoms with Crippen molar-refractivity contribution in [3.8, 4) is 17.2 Å². The number of benzene rings is 2. The SMILES string of the molecule is COc1ccc(OC)c(C2=NS(=O)(=O)N(C)C(C(=O)Nc3cc(C)ccc3O)=C2)c1. The molecule has 0 aliphatic carbocycles. The monoisotopic (exact) mass is 431 g/mol. The number of anilines is 1. The number of carbonyl (C=O) groups is 1. The summed E-state index contributed by atoms with van der Waals surface area (Å²) in [5.74, 6) is -0.0361. The van der Waals surface area contributed by atoms with Gasteiger partial charge < -0.3 is 19.9 Å². The second kappa shape index (κ2) is 8.07. The van der Waals surface area contributed by atoms with Gasteiger partial charge in [0.15, 0.2) is 0 Å². The summed E-state index contributed by atoms with van der Waals surface area (Å²) < 4.78 is 40.3. The summed E-state index contributed by atoms with van der Waals surface area (Å²) in [7, 11) is -0.0409. The van der Waals surface area contributed by atoms with E-state index in [-0.39, 0.29) is 22.8 Å². The molecule has 10 heteroatoms. The second-order valence-corrected chi connectivity index (χ2v) is 8.12. The Bertz CT molecular complexity index is 1170. The van der Waals surface area contributed by atoms with Crippen LogP contribution in [0.15, 0.2) is 52.6 Å². The van der Waals surface area contributed by atoms with Gasteiger partial charge in [0.2, 0.25) is 0 Å². The van der Waals surface area contributed by atoms with Gasteiger partial charge in [-0.3, -0.25) is 4.79 Å². The summed E-state index contributed by atoms with van der Waals surface area (Å²) in [6, 6.07) is 9.53. The van der Waals surface area contributed by atoms with Crippen LogP contribution in [0.5, 0.6) is 17.2 Å². The first-order valence-electron chi connectivity index (χ1n) is 8.80. The Kier molecular flexibility index (Phi) is 5.70. The fourth-order valence-electron chi connectivity index (χ4n) is 2.84. The van der Waals surface area contributed by atoms with Crippen molar-refractivity contribution in [2.75, 3.05) is 26.6 Å². The average Bonchev–Trinajstić information content (AvgIpc) is 2.71. The summed E-state index contributed by atoms with van der Waals surface area (Å²) in [5, 5.41) is 12.5. The van der Waals surface area contributed by atoms with E-state index in [1.807, 2.05) is 0 Å². The number of nitrogens with zero attached hydrogens (tertiary/aromatic N) is 2. The first-order valence-corrected chi connectivity index (χ1v) is 10.2. The van der Waals surface area contributed by atoms with E-state index >= 15 is 0 Å². The molecule has 9 nitrogen and oxygen atoms in total. The van der Waals surface area contributed by atoms with Gasteiger partial charge in [-0.2, -0.15) is 8.42 Å². The molecule has 0 radical (unpaired) electrons. The molecule has 2 aromatic rings. The van der Waals surface area contributed by atoms with Crippen LogP contribution in [-0.4, -0.2) is 50.7 Å². The van der Waals surface area contributed by atoms with Crippen molar-refractivity contribution in [1.29, 1.82) is 0 Å². The predicted octanol–water partition coefficient (Wildman–Crippen LogP) is 2.22. The smallest absolute Gasteiger partial charge is 0.345 e. The fourth-order valence-corrected chi connectivity index (χ4v) is 3.75. The van der Waals surface area contributed by atoms with Crippen molar-refractivity contribution in [3.63, 3.8) is 0 Å². The van der Waals surface area contributed by atoms with Gasteiger partial charge in [0.1, 0.15) is 22.9 Å². The fraction of sp³-hybridized carbons (Fsp3) is 0.200. The van der Waals surface area contributed by atoms with Crippen molar-refractivity contribution in [2.24, 2.45) is 4.40 Å². The van der Waals surface area contributed by atoms with Gasteiger partial charge in [-0.1, -0.05) is 6.07 Å². The molecule has 2 aromatic carbocycles. The summed E-state index contributed by atoms with van der Waals surface area (Å²) in [6.45, 7) is 1.80. The van der Waals surface area contributed by atoms with E-state index in [1.165, 1.54) is 33.4 Å². The number of carbonyl (C=O) groups excluding carboxylic acids is 1. The molecule has 1 heterocycles. The maximum absolute atomic E-state index is 12.9. The number of aromatic hydroxyl groups is 1. The number of hydrogen-bond donors (Lipinski definition) is 2. The molecule has 158 valence electrons. The Morgan fingerprint density at radius 2 is 1.87 bits per heavy atom. The summed E-state index contributed by atoms with van der Waals surface area (Å²) in [6.07, 6.45) is 1.33. The molecule has 0 spiro atoms. The van der Waals surface area contributed by atoms with Gasteiger partial charge in [-0.05, 0) is 48.9 Å². The number of phenols is 1. The highest BCUT2D eigenvalue weighted by atomic mass is 32.2. The largest absolute Gasteiger partial charge is 0.506 e. The highest BCUT2D eigenvalue weighted by Gasteiger charge is 2.31. The van der Waals surface area contributed by atoms with Gasteiger partial charge in [0.25, 0.3) is 5.91 Å². The maximum Gasteiger partial charge on any atom is 0.345 e. The molecule has 0 unspecified atom stereocenters. The molecule has 0 fully saturated rings. The van der Waals surface area contributed by atoms with Crippen LogP contribution < -0.4 is 14.8 Å². The van der Waals surface area contributed by atoms with Crippen LogP contribution in [0.3, 0.4) is 0 Å². The molecule has 0 saturated heterocycles. The molecular weight excluding hydrogens is 410 g/mol. The first kappa shape index (κ1) is 21.2. The normalized spacial score (nSPS) is 15.1. The number of allylic oxidation sites excluding steroid dienone is 1. The zero-order chi connectivity index (χ0) is 22.1. The lowest BCUT2D eigenvalue weighted by molar-refractivity contribution is -0.113. The minimum atomic E-state index is -4.17. The van der Waals surface area contributed by atoms with E-state index in [9.17, 15) is 18.3 Å². The number of rotatable bonds is 5. The number of hydrogen-bond acceptors (Lipinski definition) is 6. The lowest BCUT2D eigenvalue weighted by Gasteiger charge is -2.24. The van der Waals surface area contributed by atoms with Gasteiger partial charge in [0, 0.05) is 12.6 Å². The van der Waals surface area contributed by atoms with E-state index in [0.717, 1.165) is 9.87 Å². The van der Waals surface area contributed by atoms with Crippen LogP contribution in [0.2, 0.25) is 0 Å². The van der Waals surface area contributed by atoms with Gasteiger partial charge in [-0.25, -0.2) is 4.31 Å². The average molecular weight is 431 g/mol. The summed E-state index contributed by atoms with van der Waals surface area (Å²) in [4.78, 5) is 12.9. The Hall–Kier alpha value is -3.53. The number of methoxy groups -OCH3 is 2. The third kappa shape index (κ3) is 4.08. The van der Waals surface area contributed by atoms with Gasteiger partial charge in [0.05, 0.1) is 25.6 Å². The minimum absolute atomic E-state index is 0.0162. The standard InChI is InChI=1S/C20H21N3O6S/c1-12-5-7-18(24)16(9-12)21-20(25)17-11-15(22-30(26,27)23(17)2)14-10-13(28-3)6-8-19(14)29-4/h5-11,24H,1-4H3,(H,21,25). The molecule has 0 aromatic heterocycles.